The summed E-state index contributed by atoms with van der Waals surface area (Å²) in [5.74, 6) is 2.60. The van der Waals surface area contributed by atoms with Crippen molar-refractivity contribution in [3.05, 3.63) is 59.9 Å². The van der Waals surface area contributed by atoms with Gasteiger partial charge in [-0.25, -0.2) is 0 Å². The molecule has 2 aromatic carbocycles. The standard InChI is InChI=1S/C24H25N3O2S/c1-15-11-23(19-13-17(28-3)5-7-21(19)26-15)25-9-10-30-24-12-16(2)27-22-8-6-18(29-4)14-20(22)24/h5-8,11-14H,9-10H2,1-4H3,(H,25,26). The molecule has 4 aromatic rings. The highest BCUT2D eigenvalue weighted by Crippen LogP contribution is 2.31. The van der Waals surface area contributed by atoms with E-state index >= 15 is 0 Å². The van der Waals surface area contributed by atoms with Gasteiger partial charge in [0.2, 0.25) is 0 Å². The van der Waals surface area contributed by atoms with Gasteiger partial charge in [0.15, 0.2) is 0 Å². The normalized spacial score (nSPS) is 11.1. The Kier molecular flexibility index (Phi) is 5.95. The Morgan fingerprint density at radius 2 is 1.40 bits per heavy atom. The minimum Gasteiger partial charge on any atom is -0.497 e. The van der Waals surface area contributed by atoms with E-state index in [2.05, 4.69) is 33.5 Å². The molecule has 0 aliphatic heterocycles. The van der Waals surface area contributed by atoms with Crippen LogP contribution in [0.2, 0.25) is 0 Å². The molecule has 2 heterocycles. The number of rotatable bonds is 7. The van der Waals surface area contributed by atoms with E-state index in [1.54, 1.807) is 14.2 Å². The second-order valence-electron chi connectivity index (χ2n) is 7.11. The molecule has 0 fully saturated rings. The van der Waals surface area contributed by atoms with Gasteiger partial charge in [-0.3, -0.25) is 9.97 Å². The van der Waals surface area contributed by atoms with Gasteiger partial charge in [0.25, 0.3) is 0 Å². The van der Waals surface area contributed by atoms with Gasteiger partial charge in [0.1, 0.15) is 11.5 Å². The molecule has 0 amide bonds. The molecule has 5 nitrogen and oxygen atoms in total. The van der Waals surface area contributed by atoms with Crippen LogP contribution in [0, 0.1) is 13.8 Å². The molecule has 154 valence electrons. The van der Waals surface area contributed by atoms with Crippen molar-refractivity contribution < 1.29 is 9.47 Å². The van der Waals surface area contributed by atoms with Gasteiger partial charge >= 0.3 is 0 Å². The van der Waals surface area contributed by atoms with Crippen molar-refractivity contribution in [1.29, 1.82) is 0 Å². The zero-order chi connectivity index (χ0) is 21.1. The van der Waals surface area contributed by atoms with Gasteiger partial charge in [-0.15, -0.1) is 11.8 Å². The molecule has 1 N–H and O–H groups in total. The van der Waals surface area contributed by atoms with Crippen LogP contribution in [-0.4, -0.2) is 36.5 Å². The molecule has 30 heavy (non-hydrogen) atoms. The first-order valence-corrected chi connectivity index (χ1v) is 10.8. The molecule has 0 aliphatic rings. The number of fused-ring (bicyclic) bond motifs is 2. The molecular formula is C24H25N3O2S. The van der Waals surface area contributed by atoms with Gasteiger partial charge in [-0.2, -0.15) is 0 Å². The summed E-state index contributed by atoms with van der Waals surface area (Å²) in [4.78, 5) is 10.5. The maximum absolute atomic E-state index is 5.40. The highest BCUT2D eigenvalue weighted by molar-refractivity contribution is 7.99. The van der Waals surface area contributed by atoms with Crippen molar-refractivity contribution in [2.45, 2.75) is 18.7 Å². The third-order valence-electron chi connectivity index (χ3n) is 4.92. The molecule has 0 unspecified atom stereocenters. The Labute approximate surface area is 180 Å². The predicted octanol–water partition coefficient (Wildman–Crippen LogP) is 5.62. The largest absolute Gasteiger partial charge is 0.497 e. The van der Waals surface area contributed by atoms with Crippen molar-refractivity contribution >= 4 is 39.3 Å². The third-order valence-corrected chi connectivity index (χ3v) is 5.98. The minimum absolute atomic E-state index is 0.827. The van der Waals surface area contributed by atoms with Crippen molar-refractivity contribution in [2.24, 2.45) is 0 Å². The van der Waals surface area contributed by atoms with Crippen LogP contribution in [0.5, 0.6) is 11.5 Å². The topological polar surface area (TPSA) is 56.3 Å². The number of benzene rings is 2. The average molecular weight is 420 g/mol. The highest BCUT2D eigenvalue weighted by atomic mass is 32.2. The van der Waals surface area contributed by atoms with Gasteiger partial charge in [-0.05, 0) is 62.4 Å². The van der Waals surface area contributed by atoms with Crippen LogP contribution in [0.4, 0.5) is 5.69 Å². The Hall–Kier alpha value is -2.99. The summed E-state index contributed by atoms with van der Waals surface area (Å²) in [7, 11) is 3.37. The van der Waals surface area contributed by atoms with E-state index in [4.69, 9.17) is 9.47 Å². The molecule has 0 spiro atoms. The van der Waals surface area contributed by atoms with E-state index in [1.807, 2.05) is 55.9 Å². The average Bonchev–Trinajstić information content (AvgIpc) is 2.75. The van der Waals surface area contributed by atoms with Gasteiger partial charge in [0.05, 0.1) is 25.3 Å². The maximum Gasteiger partial charge on any atom is 0.119 e. The van der Waals surface area contributed by atoms with Crippen molar-refractivity contribution in [1.82, 2.24) is 9.97 Å². The summed E-state index contributed by atoms with van der Waals surface area (Å²) in [6, 6.07) is 16.2. The monoisotopic (exact) mass is 419 g/mol. The quantitative estimate of drug-likeness (QED) is 0.310. The number of pyridine rings is 2. The predicted molar refractivity (Wildman–Crippen MR) is 125 cm³/mol. The Morgan fingerprint density at radius 3 is 2.07 bits per heavy atom. The number of nitrogens with one attached hydrogen (secondary N) is 1. The van der Waals surface area contributed by atoms with Crippen LogP contribution in [0.1, 0.15) is 11.4 Å². The van der Waals surface area contributed by atoms with E-state index in [-0.39, 0.29) is 0 Å². The lowest BCUT2D eigenvalue weighted by molar-refractivity contribution is 0.415. The smallest absolute Gasteiger partial charge is 0.119 e. The molecular weight excluding hydrogens is 394 g/mol. The lowest BCUT2D eigenvalue weighted by atomic mass is 10.1. The second-order valence-corrected chi connectivity index (χ2v) is 8.25. The second kappa shape index (κ2) is 8.79. The molecule has 0 atom stereocenters. The van der Waals surface area contributed by atoms with E-state index in [0.717, 1.165) is 62.7 Å². The first-order valence-electron chi connectivity index (χ1n) is 9.85. The van der Waals surface area contributed by atoms with Gasteiger partial charge < -0.3 is 14.8 Å². The van der Waals surface area contributed by atoms with Crippen molar-refractivity contribution in [3.8, 4) is 11.5 Å². The van der Waals surface area contributed by atoms with E-state index in [0.29, 0.717) is 0 Å². The number of aryl methyl sites for hydroxylation is 2. The zero-order valence-electron chi connectivity index (χ0n) is 17.7. The minimum atomic E-state index is 0.827. The fraction of sp³-hybridized carbons (Fsp3) is 0.250. The summed E-state index contributed by atoms with van der Waals surface area (Å²) in [6.45, 7) is 4.88. The Bertz CT molecular complexity index is 1110. The van der Waals surface area contributed by atoms with Crippen LogP contribution in [0.25, 0.3) is 21.8 Å². The number of ether oxygens (including phenoxy) is 2. The molecule has 2 aromatic heterocycles. The number of hydrogen-bond donors (Lipinski definition) is 1. The van der Waals surface area contributed by atoms with Gasteiger partial charge in [-0.1, -0.05) is 0 Å². The molecule has 0 aliphatic carbocycles. The van der Waals surface area contributed by atoms with Crippen molar-refractivity contribution in [3.63, 3.8) is 0 Å². The molecule has 4 rings (SSSR count). The fourth-order valence-electron chi connectivity index (χ4n) is 3.50. The van der Waals surface area contributed by atoms with Crippen LogP contribution in [0.15, 0.2) is 53.4 Å². The summed E-state index contributed by atoms with van der Waals surface area (Å²) in [6.07, 6.45) is 0. The number of anilines is 1. The Balaban J connectivity index is 1.52. The highest BCUT2D eigenvalue weighted by Gasteiger charge is 2.08. The molecule has 0 saturated heterocycles. The molecule has 0 bridgehead atoms. The molecule has 0 saturated carbocycles. The number of hydrogen-bond acceptors (Lipinski definition) is 6. The van der Waals surface area contributed by atoms with Crippen LogP contribution < -0.4 is 14.8 Å². The Morgan fingerprint density at radius 1 is 0.800 bits per heavy atom. The first kappa shape index (κ1) is 20.3. The lowest BCUT2D eigenvalue weighted by Gasteiger charge is -2.13. The zero-order valence-corrected chi connectivity index (χ0v) is 18.5. The first-order chi connectivity index (χ1) is 14.6. The van der Waals surface area contributed by atoms with Crippen LogP contribution in [0.3, 0.4) is 0 Å². The van der Waals surface area contributed by atoms with E-state index < -0.39 is 0 Å². The van der Waals surface area contributed by atoms with Crippen molar-refractivity contribution in [2.75, 3.05) is 31.8 Å². The summed E-state index contributed by atoms with van der Waals surface area (Å²) >= 11 is 1.82. The van der Waals surface area contributed by atoms with E-state index in [9.17, 15) is 0 Å². The summed E-state index contributed by atoms with van der Waals surface area (Å²) in [5, 5.41) is 5.77. The van der Waals surface area contributed by atoms with Crippen LogP contribution in [-0.2, 0) is 0 Å². The van der Waals surface area contributed by atoms with Crippen LogP contribution >= 0.6 is 11.8 Å². The number of methoxy groups -OCH3 is 2. The number of nitrogens with zero attached hydrogens (tertiary/aromatic N) is 2. The maximum atomic E-state index is 5.40. The SMILES string of the molecule is COc1ccc2nc(C)cc(NCCSc3cc(C)nc4ccc(OC)cc34)c2c1. The lowest BCUT2D eigenvalue weighted by Crippen LogP contribution is -2.05. The molecule has 0 radical (unpaired) electrons. The summed E-state index contributed by atoms with van der Waals surface area (Å²) in [5.41, 5.74) is 5.05. The number of aromatic nitrogens is 2. The van der Waals surface area contributed by atoms with Gasteiger partial charge in [0, 0.05) is 45.0 Å². The van der Waals surface area contributed by atoms with E-state index in [1.165, 1.54) is 4.90 Å². The number of thioether (sulfide) groups is 1. The summed E-state index contributed by atoms with van der Waals surface area (Å²) < 4.78 is 10.8. The third kappa shape index (κ3) is 4.28. The fourth-order valence-corrected chi connectivity index (χ4v) is 4.50. The molecule has 6 heteroatoms.